The van der Waals surface area contributed by atoms with Crippen LogP contribution in [-0.2, 0) is 10.2 Å². The van der Waals surface area contributed by atoms with Crippen molar-refractivity contribution in [3.8, 4) is 0 Å². The molecule has 0 aliphatic heterocycles. The van der Waals surface area contributed by atoms with E-state index >= 15 is 0 Å². The van der Waals surface area contributed by atoms with E-state index in [1.165, 1.54) is 0 Å². The highest BCUT2D eigenvalue weighted by molar-refractivity contribution is 5.89. The van der Waals surface area contributed by atoms with Crippen molar-refractivity contribution in [2.45, 2.75) is 52.6 Å². The Hall–Kier alpha value is -1.31. The largest absolute Gasteiger partial charge is 0.456 e. The van der Waals surface area contributed by atoms with Gasteiger partial charge in [0.15, 0.2) is 0 Å². The van der Waals surface area contributed by atoms with E-state index in [0.29, 0.717) is 5.56 Å². The molecule has 0 aliphatic carbocycles. The molecule has 0 fully saturated rings. The summed E-state index contributed by atoms with van der Waals surface area (Å²) in [5.41, 5.74) is 1.35. The van der Waals surface area contributed by atoms with Crippen LogP contribution >= 0.6 is 0 Å². The predicted octanol–water partition coefficient (Wildman–Crippen LogP) is 3.94. The molecule has 0 bridgehead atoms. The third-order valence-corrected chi connectivity index (χ3v) is 2.36. The second kappa shape index (κ2) is 4.52. The van der Waals surface area contributed by atoms with Crippen molar-refractivity contribution in [2.75, 3.05) is 0 Å². The zero-order chi connectivity index (χ0) is 13.3. The van der Waals surface area contributed by atoms with Gasteiger partial charge in [0.2, 0.25) is 0 Å². The summed E-state index contributed by atoms with van der Waals surface area (Å²) in [5.74, 6) is -0.261. The summed E-state index contributed by atoms with van der Waals surface area (Å²) in [6, 6.07) is 7.64. The topological polar surface area (TPSA) is 26.3 Å². The van der Waals surface area contributed by atoms with Crippen LogP contribution in [0.2, 0.25) is 0 Å². The molecule has 0 saturated carbocycles. The van der Waals surface area contributed by atoms with Crippen molar-refractivity contribution >= 4 is 5.97 Å². The second-order valence-corrected chi connectivity index (χ2v) is 6.33. The van der Waals surface area contributed by atoms with Crippen LogP contribution in [0.15, 0.2) is 24.3 Å². The van der Waals surface area contributed by atoms with Gasteiger partial charge in [-0.05, 0) is 43.9 Å². The lowest BCUT2D eigenvalue weighted by Gasteiger charge is -2.22. The van der Waals surface area contributed by atoms with Crippen LogP contribution < -0.4 is 0 Å². The fourth-order valence-corrected chi connectivity index (χ4v) is 1.45. The minimum Gasteiger partial charge on any atom is -0.456 e. The zero-order valence-electron chi connectivity index (χ0n) is 11.6. The minimum atomic E-state index is -0.450. The average molecular weight is 234 g/mol. The summed E-state index contributed by atoms with van der Waals surface area (Å²) in [4.78, 5) is 11.9. The number of benzene rings is 1. The van der Waals surface area contributed by atoms with E-state index < -0.39 is 5.60 Å². The van der Waals surface area contributed by atoms with Crippen molar-refractivity contribution in [3.05, 3.63) is 35.4 Å². The van der Waals surface area contributed by atoms with Gasteiger partial charge in [-0.25, -0.2) is 4.79 Å². The molecule has 1 rings (SSSR count). The molecular weight excluding hydrogens is 212 g/mol. The molecule has 2 nitrogen and oxygen atoms in total. The molecule has 1 aromatic rings. The monoisotopic (exact) mass is 234 g/mol. The van der Waals surface area contributed by atoms with E-state index in [0.717, 1.165) is 5.56 Å². The third-order valence-electron chi connectivity index (χ3n) is 2.36. The van der Waals surface area contributed by atoms with E-state index in [9.17, 15) is 4.79 Å². The molecule has 0 spiro atoms. The van der Waals surface area contributed by atoms with Crippen molar-refractivity contribution in [2.24, 2.45) is 0 Å². The summed E-state index contributed by atoms with van der Waals surface area (Å²) in [7, 11) is 0. The van der Waals surface area contributed by atoms with Crippen molar-refractivity contribution in [1.82, 2.24) is 0 Å². The van der Waals surface area contributed by atoms with Gasteiger partial charge in [0, 0.05) is 0 Å². The molecule has 1 aromatic carbocycles. The highest BCUT2D eigenvalue weighted by Gasteiger charge is 2.20. The number of hydrogen-bond acceptors (Lipinski definition) is 2. The van der Waals surface area contributed by atoms with E-state index in [1.54, 1.807) is 6.07 Å². The number of esters is 1. The van der Waals surface area contributed by atoms with E-state index in [1.807, 2.05) is 39.0 Å². The normalized spacial score (nSPS) is 12.4. The maximum absolute atomic E-state index is 11.9. The number of carbonyl (C=O) groups excluding carboxylic acids is 1. The van der Waals surface area contributed by atoms with Crippen LogP contribution in [0.25, 0.3) is 0 Å². The first-order chi connectivity index (χ1) is 7.59. The highest BCUT2D eigenvalue weighted by atomic mass is 16.6. The van der Waals surface area contributed by atoms with Gasteiger partial charge in [-0.2, -0.15) is 0 Å². The van der Waals surface area contributed by atoms with Crippen LogP contribution in [0.3, 0.4) is 0 Å². The van der Waals surface area contributed by atoms with Gasteiger partial charge in [-0.15, -0.1) is 0 Å². The lowest BCUT2D eigenvalue weighted by atomic mass is 9.86. The summed E-state index contributed by atoms with van der Waals surface area (Å²) in [5, 5.41) is 0. The second-order valence-electron chi connectivity index (χ2n) is 6.33. The Kier molecular flexibility index (Phi) is 3.65. The maximum Gasteiger partial charge on any atom is 0.338 e. The van der Waals surface area contributed by atoms with Crippen molar-refractivity contribution < 1.29 is 9.53 Å². The van der Waals surface area contributed by atoms with E-state index in [2.05, 4.69) is 20.8 Å². The number of ether oxygens (including phenoxy) is 1. The van der Waals surface area contributed by atoms with Crippen LogP contribution in [-0.4, -0.2) is 11.6 Å². The van der Waals surface area contributed by atoms with Gasteiger partial charge in [0.1, 0.15) is 5.60 Å². The lowest BCUT2D eigenvalue weighted by Crippen LogP contribution is -2.24. The number of hydrogen-bond donors (Lipinski definition) is 0. The molecule has 0 heterocycles. The summed E-state index contributed by atoms with van der Waals surface area (Å²) < 4.78 is 5.35. The first-order valence-electron chi connectivity index (χ1n) is 5.93. The molecule has 0 radical (unpaired) electrons. The Bertz CT molecular complexity index is 406. The average Bonchev–Trinajstić information content (AvgIpc) is 2.14. The first-order valence-corrected chi connectivity index (χ1v) is 5.93. The van der Waals surface area contributed by atoms with Gasteiger partial charge in [0.05, 0.1) is 5.56 Å². The fraction of sp³-hybridized carbons (Fsp3) is 0.533. The van der Waals surface area contributed by atoms with Crippen LogP contribution in [0.4, 0.5) is 0 Å². The number of rotatable bonds is 1. The third kappa shape index (κ3) is 4.22. The van der Waals surface area contributed by atoms with Gasteiger partial charge in [0.25, 0.3) is 0 Å². The van der Waals surface area contributed by atoms with Crippen molar-refractivity contribution in [1.29, 1.82) is 0 Å². The van der Waals surface area contributed by atoms with E-state index in [-0.39, 0.29) is 11.4 Å². The Morgan fingerprint density at radius 2 is 1.65 bits per heavy atom. The fourth-order valence-electron chi connectivity index (χ4n) is 1.45. The van der Waals surface area contributed by atoms with Gasteiger partial charge in [-0.3, -0.25) is 0 Å². The Labute approximate surface area is 104 Å². The molecule has 0 aliphatic rings. The quantitative estimate of drug-likeness (QED) is 0.688. The number of carbonyl (C=O) groups is 1. The molecule has 0 unspecified atom stereocenters. The molecular formula is C15H22O2. The molecule has 0 aromatic heterocycles. The molecule has 94 valence electrons. The Morgan fingerprint density at radius 1 is 1.06 bits per heavy atom. The molecule has 17 heavy (non-hydrogen) atoms. The molecule has 0 saturated heterocycles. The predicted molar refractivity (Wildman–Crippen MR) is 70.3 cm³/mol. The van der Waals surface area contributed by atoms with Crippen molar-refractivity contribution in [3.63, 3.8) is 0 Å². The first kappa shape index (κ1) is 13.8. The Balaban J connectivity index is 2.97. The van der Waals surface area contributed by atoms with Crippen LogP contribution in [0.5, 0.6) is 0 Å². The minimum absolute atomic E-state index is 0.0397. The summed E-state index contributed by atoms with van der Waals surface area (Å²) >= 11 is 0. The molecule has 0 amide bonds. The zero-order valence-corrected chi connectivity index (χ0v) is 11.6. The SMILES string of the molecule is CC(C)(C)OC(=O)c1cccc(C(C)(C)C)c1. The summed E-state index contributed by atoms with van der Waals surface area (Å²) in [6.07, 6.45) is 0. The van der Waals surface area contributed by atoms with E-state index in [4.69, 9.17) is 4.74 Å². The summed E-state index contributed by atoms with van der Waals surface area (Å²) in [6.45, 7) is 12.0. The smallest absolute Gasteiger partial charge is 0.338 e. The van der Waals surface area contributed by atoms with Gasteiger partial charge < -0.3 is 4.74 Å². The lowest BCUT2D eigenvalue weighted by molar-refractivity contribution is 0.00694. The van der Waals surface area contributed by atoms with Crippen LogP contribution in [0, 0.1) is 0 Å². The maximum atomic E-state index is 11.9. The Morgan fingerprint density at radius 3 is 2.12 bits per heavy atom. The molecule has 2 heteroatoms. The van der Waals surface area contributed by atoms with Gasteiger partial charge in [-0.1, -0.05) is 32.9 Å². The van der Waals surface area contributed by atoms with Gasteiger partial charge >= 0.3 is 5.97 Å². The highest BCUT2D eigenvalue weighted by Crippen LogP contribution is 2.23. The van der Waals surface area contributed by atoms with Crippen LogP contribution in [0.1, 0.15) is 57.5 Å². The molecule has 0 atom stereocenters. The molecule has 0 N–H and O–H groups in total. The standard InChI is InChI=1S/C15H22O2/c1-14(2,3)12-9-7-8-11(10-12)13(16)17-15(4,5)6/h7-10H,1-6H3.